The molecule has 0 spiro atoms. The fourth-order valence-electron chi connectivity index (χ4n) is 2.43. The molecule has 0 bridgehead atoms. The monoisotopic (exact) mass is 305 g/mol. The van der Waals surface area contributed by atoms with E-state index in [2.05, 4.69) is 15.5 Å². The van der Waals surface area contributed by atoms with Gasteiger partial charge in [0.2, 0.25) is 0 Å². The van der Waals surface area contributed by atoms with Gasteiger partial charge in [-0.05, 0) is 49.6 Å². The highest BCUT2D eigenvalue weighted by atomic mass is 35.5. The number of aliphatic hydroxyl groups excluding tert-OH is 1. The molecule has 6 heteroatoms. The molecule has 0 atom stereocenters. The lowest BCUT2D eigenvalue weighted by Gasteiger charge is -2.32. The molecule has 0 aliphatic heterocycles. The normalized spacial score (nSPS) is 20.9. The van der Waals surface area contributed by atoms with Gasteiger partial charge in [-0.3, -0.25) is 0 Å². The number of aromatic nitrogens is 2. The number of anilines is 1. The first-order valence-electron chi connectivity index (χ1n) is 6.81. The second-order valence-corrected chi connectivity index (χ2v) is 5.82. The molecule has 1 aliphatic rings. The van der Waals surface area contributed by atoms with Crippen LogP contribution in [0, 0.1) is 6.92 Å². The van der Waals surface area contributed by atoms with Gasteiger partial charge >= 0.3 is 0 Å². The lowest BCUT2D eigenvalue weighted by molar-refractivity contribution is 0.0835. The fourth-order valence-corrected chi connectivity index (χ4v) is 2.80. The Balaban J connectivity index is 1.81. The van der Waals surface area contributed by atoms with Gasteiger partial charge in [-0.15, -0.1) is 10.2 Å². The molecule has 3 N–H and O–H groups in total. The third kappa shape index (κ3) is 2.94. The van der Waals surface area contributed by atoms with E-state index in [1.807, 2.05) is 6.92 Å². The third-order valence-corrected chi connectivity index (χ3v) is 3.90. The van der Waals surface area contributed by atoms with Crippen molar-refractivity contribution in [1.29, 1.82) is 0 Å². The summed E-state index contributed by atoms with van der Waals surface area (Å²) in [5, 5.41) is 31.1. The minimum absolute atomic E-state index is 0.0946. The average Bonchev–Trinajstić information content (AvgIpc) is 2.37. The lowest BCUT2D eigenvalue weighted by atomic mass is 9.89. The predicted octanol–water partition coefficient (Wildman–Crippen LogP) is 2.75. The Morgan fingerprint density at radius 1 is 1.24 bits per heavy atom. The maximum absolute atomic E-state index is 10.0. The number of hydrogen-bond acceptors (Lipinski definition) is 5. The van der Waals surface area contributed by atoms with Gasteiger partial charge in [0, 0.05) is 6.04 Å². The first-order chi connectivity index (χ1) is 10.0. The second kappa shape index (κ2) is 5.50. The van der Waals surface area contributed by atoms with Crippen LogP contribution in [0.1, 0.15) is 18.4 Å². The number of benzene rings is 1. The summed E-state index contributed by atoms with van der Waals surface area (Å²) < 4.78 is 0. The first kappa shape index (κ1) is 14.1. The number of phenols is 1. The van der Waals surface area contributed by atoms with E-state index in [4.69, 9.17) is 11.6 Å². The van der Waals surface area contributed by atoms with Crippen LogP contribution in [0.5, 0.6) is 5.75 Å². The van der Waals surface area contributed by atoms with Crippen molar-refractivity contribution < 1.29 is 10.2 Å². The van der Waals surface area contributed by atoms with Crippen LogP contribution >= 0.6 is 11.6 Å². The molecule has 1 saturated carbocycles. The number of aryl methyl sites for hydroxylation is 1. The molecule has 1 aliphatic carbocycles. The Labute approximate surface area is 127 Å². The molecule has 110 valence electrons. The number of rotatable bonds is 3. The van der Waals surface area contributed by atoms with Crippen LogP contribution in [0.2, 0.25) is 5.02 Å². The molecule has 1 fully saturated rings. The van der Waals surface area contributed by atoms with Gasteiger partial charge in [0.05, 0.1) is 22.4 Å². The van der Waals surface area contributed by atoms with E-state index in [0.717, 1.165) is 18.4 Å². The molecule has 5 nitrogen and oxygen atoms in total. The van der Waals surface area contributed by atoms with Crippen LogP contribution in [0.25, 0.3) is 11.3 Å². The van der Waals surface area contributed by atoms with Crippen LogP contribution in [0.3, 0.4) is 0 Å². The second-order valence-electron chi connectivity index (χ2n) is 5.41. The highest BCUT2D eigenvalue weighted by Gasteiger charge is 2.27. The van der Waals surface area contributed by atoms with Crippen molar-refractivity contribution in [1.82, 2.24) is 10.2 Å². The molecule has 0 unspecified atom stereocenters. The molecule has 1 aromatic carbocycles. The van der Waals surface area contributed by atoms with Crippen molar-refractivity contribution in [2.45, 2.75) is 31.9 Å². The third-order valence-electron chi connectivity index (χ3n) is 3.60. The summed E-state index contributed by atoms with van der Waals surface area (Å²) in [7, 11) is 0. The summed E-state index contributed by atoms with van der Waals surface area (Å²) in [5.41, 5.74) is 1.90. The SMILES string of the molecule is Cc1cc(O)c(-c2ccc(NC3CC(O)C3)nn2)c(Cl)c1. The van der Waals surface area contributed by atoms with E-state index < -0.39 is 0 Å². The van der Waals surface area contributed by atoms with Gasteiger partial charge in [0.15, 0.2) is 0 Å². The van der Waals surface area contributed by atoms with E-state index in [0.29, 0.717) is 22.1 Å². The van der Waals surface area contributed by atoms with Gasteiger partial charge in [-0.1, -0.05) is 11.6 Å². The molecule has 21 heavy (non-hydrogen) atoms. The zero-order valence-corrected chi connectivity index (χ0v) is 12.3. The van der Waals surface area contributed by atoms with E-state index in [9.17, 15) is 10.2 Å². The van der Waals surface area contributed by atoms with Gasteiger partial charge in [0.1, 0.15) is 11.6 Å². The number of halogens is 1. The summed E-state index contributed by atoms with van der Waals surface area (Å²) in [4.78, 5) is 0. The predicted molar refractivity (Wildman–Crippen MR) is 81.5 cm³/mol. The van der Waals surface area contributed by atoms with Gasteiger partial charge < -0.3 is 15.5 Å². The molecule has 2 aromatic rings. The topological polar surface area (TPSA) is 78.3 Å². The lowest BCUT2D eigenvalue weighted by Crippen LogP contribution is -2.39. The molecule has 0 radical (unpaired) electrons. The number of hydrogen-bond donors (Lipinski definition) is 3. The summed E-state index contributed by atoms with van der Waals surface area (Å²) in [6, 6.07) is 7.23. The largest absolute Gasteiger partial charge is 0.507 e. The quantitative estimate of drug-likeness (QED) is 0.812. The molecular formula is C15H16ClN3O2. The number of nitrogens with zero attached hydrogens (tertiary/aromatic N) is 2. The Bertz CT molecular complexity index is 631. The minimum Gasteiger partial charge on any atom is -0.507 e. The van der Waals surface area contributed by atoms with Crippen LogP contribution in [0.15, 0.2) is 24.3 Å². The molecule has 1 aromatic heterocycles. The van der Waals surface area contributed by atoms with Gasteiger partial charge in [0.25, 0.3) is 0 Å². The van der Waals surface area contributed by atoms with Crippen LogP contribution in [-0.4, -0.2) is 32.6 Å². The van der Waals surface area contributed by atoms with E-state index >= 15 is 0 Å². The van der Waals surface area contributed by atoms with Crippen LogP contribution in [-0.2, 0) is 0 Å². The maximum atomic E-state index is 10.0. The number of phenolic OH excluding ortho intramolecular Hbond substituents is 1. The van der Waals surface area contributed by atoms with Crippen molar-refractivity contribution in [2.75, 3.05) is 5.32 Å². The zero-order valence-electron chi connectivity index (χ0n) is 11.5. The smallest absolute Gasteiger partial charge is 0.148 e. The van der Waals surface area contributed by atoms with E-state index in [-0.39, 0.29) is 17.9 Å². The molecule has 0 saturated heterocycles. The Kier molecular flexibility index (Phi) is 3.69. The molecule has 1 heterocycles. The highest BCUT2D eigenvalue weighted by Crippen LogP contribution is 2.35. The summed E-state index contributed by atoms with van der Waals surface area (Å²) in [5.74, 6) is 0.746. The number of aromatic hydroxyl groups is 1. The Morgan fingerprint density at radius 2 is 2.00 bits per heavy atom. The highest BCUT2D eigenvalue weighted by molar-refractivity contribution is 6.33. The standard InChI is InChI=1S/C15H16ClN3O2/c1-8-4-11(16)15(13(21)5-8)12-2-3-14(19-18-12)17-9-6-10(20)7-9/h2-5,9-10,20-21H,6-7H2,1H3,(H,17,19). The first-order valence-corrected chi connectivity index (χ1v) is 7.18. The van der Waals surface area contributed by atoms with Crippen LogP contribution in [0.4, 0.5) is 5.82 Å². The van der Waals surface area contributed by atoms with Crippen molar-refractivity contribution in [2.24, 2.45) is 0 Å². The Hall–Kier alpha value is -1.85. The number of nitrogens with one attached hydrogen (secondary N) is 1. The summed E-state index contributed by atoms with van der Waals surface area (Å²) in [6.45, 7) is 1.86. The minimum atomic E-state index is -0.210. The molecule has 0 amide bonds. The van der Waals surface area contributed by atoms with Crippen molar-refractivity contribution in [3.05, 3.63) is 34.9 Å². The van der Waals surface area contributed by atoms with Crippen molar-refractivity contribution in [3.63, 3.8) is 0 Å². The van der Waals surface area contributed by atoms with Crippen LogP contribution < -0.4 is 5.32 Å². The maximum Gasteiger partial charge on any atom is 0.148 e. The molecule has 3 rings (SSSR count). The Morgan fingerprint density at radius 3 is 2.57 bits per heavy atom. The van der Waals surface area contributed by atoms with E-state index in [1.165, 1.54) is 0 Å². The fraction of sp³-hybridized carbons (Fsp3) is 0.333. The summed E-state index contributed by atoms with van der Waals surface area (Å²) in [6.07, 6.45) is 1.25. The van der Waals surface area contributed by atoms with Crippen molar-refractivity contribution >= 4 is 17.4 Å². The van der Waals surface area contributed by atoms with Gasteiger partial charge in [-0.25, -0.2) is 0 Å². The summed E-state index contributed by atoms with van der Waals surface area (Å²) >= 11 is 6.17. The average molecular weight is 306 g/mol. The van der Waals surface area contributed by atoms with Crippen molar-refractivity contribution in [3.8, 4) is 17.0 Å². The van der Waals surface area contributed by atoms with Gasteiger partial charge in [-0.2, -0.15) is 0 Å². The zero-order chi connectivity index (χ0) is 15.0. The molecular weight excluding hydrogens is 290 g/mol. The number of aliphatic hydroxyl groups is 1. The van der Waals surface area contributed by atoms with E-state index in [1.54, 1.807) is 24.3 Å².